The van der Waals surface area contributed by atoms with E-state index in [1.165, 1.54) is 7.11 Å². The smallest absolute Gasteiger partial charge is 0.321 e. The molecule has 0 amide bonds. The van der Waals surface area contributed by atoms with Crippen LogP contribution in [0.2, 0.25) is 18.1 Å². The summed E-state index contributed by atoms with van der Waals surface area (Å²) < 4.78 is 11.1. The van der Waals surface area contributed by atoms with Gasteiger partial charge in [-0.15, -0.1) is 0 Å². The Bertz CT molecular complexity index is 468. The van der Waals surface area contributed by atoms with E-state index in [0.717, 1.165) is 5.56 Å². The average Bonchev–Trinajstić information content (AvgIpc) is 2.43. The molecule has 0 aromatic heterocycles. The third-order valence-corrected chi connectivity index (χ3v) is 9.67. The van der Waals surface area contributed by atoms with Crippen molar-refractivity contribution in [2.45, 2.75) is 48.9 Å². The molecule has 0 aliphatic rings. The van der Waals surface area contributed by atoms with E-state index in [-0.39, 0.29) is 21.0 Å². The minimum Gasteiger partial charge on any atom is -0.468 e. The molecule has 1 aromatic carbocycles. The van der Waals surface area contributed by atoms with Gasteiger partial charge in [0.1, 0.15) is 3.92 Å². The Morgan fingerprint density at radius 3 is 2.14 bits per heavy atom. The highest BCUT2D eigenvalue weighted by Crippen LogP contribution is 2.41. The van der Waals surface area contributed by atoms with Crippen molar-refractivity contribution in [3.63, 3.8) is 0 Å². The molecule has 118 valence electrons. The van der Waals surface area contributed by atoms with Gasteiger partial charge in [-0.2, -0.15) is 0 Å². The number of esters is 1. The number of benzene rings is 1. The molecular weight excluding hydrogens is 395 g/mol. The minimum atomic E-state index is -1.98. The molecule has 3 nitrogen and oxygen atoms in total. The van der Waals surface area contributed by atoms with E-state index in [9.17, 15) is 4.79 Å². The largest absolute Gasteiger partial charge is 0.468 e. The van der Waals surface area contributed by atoms with Crippen LogP contribution in [0.5, 0.6) is 0 Å². The van der Waals surface area contributed by atoms with Crippen LogP contribution in [0.1, 0.15) is 32.4 Å². The molecule has 0 spiro atoms. The summed E-state index contributed by atoms with van der Waals surface area (Å²) in [4.78, 5) is 12.0. The van der Waals surface area contributed by atoms with Gasteiger partial charge < -0.3 is 9.16 Å². The van der Waals surface area contributed by atoms with E-state index in [2.05, 4.69) is 56.5 Å². The zero-order valence-electron chi connectivity index (χ0n) is 13.6. The molecule has 1 rings (SSSR count). The van der Waals surface area contributed by atoms with Crippen molar-refractivity contribution in [3.8, 4) is 0 Å². The van der Waals surface area contributed by atoms with Crippen molar-refractivity contribution in [2.24, 2.45) is 0 Å². The van der Waals surface area contributed by atoms with Gasteiger partial charge in [-0.3, -0.25) is 4.79 Å². The van der Waals surface area contributed by atoms with Crippen LogP contribution < -0.4 is 0 Å². The Labute approximate surface area is 142 Å². The maximum Gasteiger partial charge on any atom is 0.321 e. The average molecular weight is 420 g/mol. The summed E-state index contributed by atoms with van der Waals surface area (Å²) in [5.41, 5.74) is 1.02. The molecule has 2 atom stereocenters. The fourth-order valence-corrected chi connectivity index (χ4v) is 4.02. The first-order chi connectivity index (χ1) is 9.60. The van der Waals surface area contributed by atoms with Crippen LogP contribution in [-0.2, 0) is 14.0 Å². The maximum absolute atomic E-state index is 12.0. The van der Waals surface area contributed by atoms with Crippen LogP contribution in [0.25, 0.3) is 0 Å². The van der Waals surface area contributed by atoms with E-state index >= 15 is 0 Å². The molecular formula is C16H25IO3Si. The second kappa shape index (κ2) is 7.24. The summed E-state index contributed by atoms with van der Waals surface area (Å²) in [5.74, 6) is -0.247. The second-order valence-corrected chi connectivity index (χ2v) is 12.7. The first-order valence-corrected chi connectivity index (χ1v) is 11.2. The lowest BCUT2D eigenvalue weighted by Crippen LogP contribution is -2.44. The Morgan fingerprint density at radius 1 is 1.19 bits per heavy atom. The third-order valence-electron chi connectivity index (χ3n) is 4.05. The van der Waals surface area contributed by atoms with Crippen LogP contribution >= 0.6 is 22.6 Å². The van der Waals surface area contributed by atoms with Crippen LogP contribution in [0.3, 0.4) is 0 Å². The molecule has 21 heavy (non-hydrogen) atoms. The Hall–Kier alpha value is -0.403. The molecule has 0 heterocycles. The van der Waals surface area contributed by atoms with Crippen LogP contribution in [0, 0.1) is 0 Å². The SMILES string of the molecule is COC(=O)[C@@H](I)[C@@H](O[Si](C)(C)C(C)(C)C)c1ccccc1. The predicted octanol–water partition coefficient (Wildman–Crippen LogP) is 4.73. The van der Waals surface area contributed by atoms with Crippen molar-refractivity contribution >= 4 is 36.9 Å². The van der Waals surface area contributed by atoms with Gasteiger partial charge in [0.15, 0.2) is 8.32 Å². The molecule has 5 heteroatoms. The lowest BCUT2D eigenvalue weighted by molar-refractivity contribution is -0.141. The minimum absolute atomic E-state index is 0.0898. The molecule has 0 aliphatic carbocycles. The Balaban J connectivity index is 3.12. The molecule has 1 aromatic rings. The monoisotopic (exact) mass is 420 g/mol. The van der Waals surface area contributed by atoms with E-state index < -0.39 is 8.32 Å². The highest BCUT2D eigenvalue weighted by atomic mass is 127. The molecule has 0 fully saturated rings. The summed E-state index contributed by atoms with van der Waals surface area (Å²) in [7, 11) is -0.566. The van der Waals surface area contributed by atoms with Crippen molar-refractivity contribution in [2.75, 3.05) is 7.11 Å². The number of halogens is 1. The summed E-state index contributed by atoms with van der Waals surface area (Å²) in [6.07, 6.45) is -0.278. The standard InChI is InChI=1S/C16H25IO3Si/c1-16(2,3)21(5,6)20-14(13(17)15(18)19-4)12-10-8-7-9-11-12/h7-11,13-14H,1-6H3/t13-,14-/m0/s1. The van der Waals surface area contributed by atoms with Gasteiger partial charge in [0.25, 0.3) is 0 Å². The van der Waals surface area contributed by atoms with Gasteiger partial charge in [-0.25, -0.2) is 0 Å². The number of rotatable bonds is 5. The maximum atomic E-state index is 12.0. The lowest BCUT2D eigenvalue weighted by Gasteiger charge is -2.40. The topological polar surface area (TPSA) is 35.5 Å². The van der Waals surface area contributed by atoms with Gasteiger partial charge in [0.05, 0.1) is 13.2 Å². The number of hydrogen-bond acceptors (Lipinski definition) is 3. The number of carbonyl (C=O) groups is 1. The van der Waals surface area contributed by atoms with E-state index in [4.69, 9.17) is 9.16 Å². The number of ether oxygens (including phenoxy) is 1. The number of methoxy groups -OCH3 is 1. The molecule has 0 bridgehead atoms. The number of alkyl halides is 1. The fraction of sp³-hybridized carbons (Fsp3) is 0.562. The third kappa shape index (κ3) is 4.79. The summed E-state index contributed by atoms with van der Waals surface area (Å²) in [6, 6.07) is 9.92. The van der Waals surface area contributed by atoms with Gasteiger partial charge in [-0.05, 0) is 23.7 Å². The molecule has 0 aliphatic heterocycles. The van der Waals surface area contributed by atoms with Crippen molar-refractivity contribution < 1.29 is 14.0 Å². The van der Waals surface area contributed by atoms with Crippen molar-refractivity contribution in [1.82, 2.24) is 0 Å². The molecule has 0 unspecified atom stereocenters. The highest BCUT2D eigenvalue weighted by molar-refractivity contribution is 14.1. The molecule has 0 saturated carbocycles. The first-order valence-electron chi connectivity index (χ1n) is 7.05. The number of hydrogen-bond donors (Lipinski definition) is 0. The molecule has 0 radical (unpaired) electrons. The van der Waals surface area contributed by atoms with Crippen molar-refractivity contribution in [1.29, 1.82) is 0 Å². The molecule has 0 saturated heterocycles. The number of carbonyl (C=O) groups excluding carboxylic acids is 1. The predicted molar refractivity (Wildman–Crippen MR) is 97.3 cm³/mol. The van der Waals surface area contributed by atoms with Gasteiger partial charge in [-0.1, -0.05) is 73.7 Å². The Kier molecular flexibility index (Phi) is 6.43. The summed E-state index contributed by atoms with van der Waals surface area (Å²) in [6.45, 7) is 11.0. The van der Waals surface area contributed by atoms with Crippen LogP contribution in [0.4, 0.5) is 0 Å². The van der Waals surface area contributed by atoms with Crippen LogP contribution in [0.15, 0.2) is 30.3 Å². The highest BCUT2D eigenvalue weighted by Gasteiger charge is 2.42. The van der Waals surface area contributed by atoms with Crippen molar-refractivity contribution in [3.05, 3.63) is 35.9 Å². The van der Waals surface area contributed by atoms with Gasteiger partial charge >= 0.3 is 5.97 Å². The lowest BCUT2D eigenvalue weighted by atomic mass is 10.1. The fourth-order valence-electron chi connectivity index (χ4n) is 1.67. The van der Waals surface area contributed by atoms with Gasteiger partial charge in [0.2, 0.25) is 0 Å². The van der Waals surface area contributed by atoms with E-state index in [1.807, 2.05) is 30.3 Å². The summed E-state index contributed by atoms with van der Waals surface area (Å²) >= 11 is 2.12. The second-order valence-electron chi connectivity index (χ2n) is 6.63. The Morgan fingerprint density at radius 2 is 1.71 bits per heavy atom. The van der Waals surface area contributed by atoms with E-state index in [1.54, 1.807) is 0 Å². The molecule has 0 N–H and O–H groups in total. The first kappa shape index (κ1) is 18.6. The normalized spacial score (nSPS) is 15.4. The van der Waals surface area contributed by atoms with Crippen LogP contribution in [-0.4, -0.2) is 25.3 Å². The zero-order chi connectivity index (χ0) is 16.3. The summed E-state index contributed by atoms with van der Waals surface area (Å²) in [5, 5.41) is 0.0898. The zero-order valence-corrected chi connectivity index (χ0v) is 16.8. The quantitative estimate of drug-likeness (QED) is 0.299. The van der Waals surface area contributed by atoms with Gasteiger partial charge in [0, 0.05) is 0 Å². The van der Waals surface area contributed by atoms with E-state index in [0.29, 0.717) is 0 Å².